The van der Waals surface area contributed by atoms with E-state index in [1.54, 1.807) is 30.9 Å². The van der Waals surface area contributed by atoms with Crippen LogP contribution in [0.5, 0.6) is 5.75 Å². The van der Waals surface area contributed by atoms with Crippen molar-refractivity contribution >= 4 is 27.7 Å². The van der Waals surface area contributed by atoms with E-state index in [4.69, 9.17) is 19.1 Å². The molecule has 2 aliphatic rings. The van der Waals surface area contributed by atoms with Gasteiger partial charge in [0.25, 0.3) is 0 Å². The van der Waals surface area contributed by atoms with Gasteiger partial charge in [-0.3, -0.25) is 9.69 Å². The van der Waals surface area contributed by atoms with Crippen LogP contribution in [0.4, 0.5) is 19.0 Å². The number of benzene rings is 1. The predicted molar refractivity (Wildman–Crippen MR) is 166 cm³/mol. The summed E-state index contributed by atoms with van der Waals surface area (Å²) in [7, 11) is -0.871. The van der Waals surface area contributed by atoms with Gasteiger partial charge in [-0.15, -0.1) is 10.2 Å². The first-order valence-electron chi connectivity index (χ1n) is 15.1. The van der Waals surface area contributed by atoms with Gasteiger partial charge in [-0.05, 0) is 61.6 Å². The van der Waals surface area contributed by atoms with E-state index in [-0.39, 0.29) is 29.1 Å². The van der Waals surface area contributed by atoms with Crippen LogP contribution in [0, 0.1) is 13.8 Å². The number of carbonyl (C=O) groups is 2. The summed E-state index contributed by atoms with van der Waals surface area (Å²) in [5.41, 5.74) is 2.29. The number of pyridine rings is 1. The normalized spacial score (nSPS) is 15.8. The van der Waals surface area contributed by atoms with Crippen LogP contribution in [0.15, 0.2) is 39.8 Å². The minimum Gasteiger partial charge on any atom is -0.497 e. The molecule has 1 amide bonds. The lowest BCUT2D eigenvalue weighted by Gasteiger charge is -2.34. The number of carboxylic acid groups (broad SMARTS) is 1. The number of carbonyl (C=O) groups excluding carboxylic acids is 1. The molecule has 0 bridgehead atoms. The number of hydrogen-bond acceptors (Lipinski definition) is 11. The van der Waals surface area contributed by atoms with Crippen molar-refractivity contribution in [3.8, 4) is 5.75 Å². The van der Waals surface area contributed by atoms with E-state index in [1.807, 2.05) is 6.20 Å². The van der Waals surface area contributed by atoms with E-state index >= 15 is 0 Å². The SMILES string of the molecule is COc1cc(C)c(S(=O)(=O)N(C)Cc2nnc(C(=O)N3CCN(Cc4ccc(N5CCCC5)nc4)CC3)o2)c(C)c1.O=C(O)C(F)(F)F. The Hall–Kier alpha value is -4.29. The van der Waals surface area contributed by atoms with E-state index in [2.05, 4.69) is 37.1 Å². The largest absolute Gasteiger partial charge is 0.497 e. The molecule has 18 heteroatoms. The van der Waals surface area contributed by atoms with Gasteiger partial charge in [-0.1, -0.05) is 6.07 Å². The Bertz CT molecular complexity index is 1660. The molecular formula is C30H38F3N7O7S. The predicted octanol–water partition coefficient (Wildman–Crippen LogP) is 3.10. The molecular weight excluding hydrogens is 659 g/mol. The first-order valence-corrected chi connectivity index (χ1v) is 16.5. The maximum Gasteiger partial charge on any atom is 0.490 e. The topological polar surface area (TPSA) is 163 Å². The van der Waals surface area contributed by atoms with Crippen molar-refractivity contribution in [3.05, 3.63) is 58.9 Å². The van der Waals surface area contributed by atoms with Crippen molar-refractivity contribution in [1.29, 1.82) is 0 Å². The third-order valence-corrected chi connectivity index (χ3v) is 10.0. The maximum absolute atomic E-state index is 13.3. The number of methoxy groups -OCH3 is 1. The molecule has 2 fully saturated rings. The molecule has 4 heterocycles. The number of rotatable bonds is 9. The number of ether oxygens (including phenoxy) is 1. The summed E-state index contributed by atoms with van der Waals surface area (Å²) in [4.78, 5) is 33.1. The monoisotopic (exact) mass is 697 g/mol. The van der Waals surface area contributed by atoms with Gasteiger partial charge in [0, 0.05) is 59.1 Å². The maximum atomic E-state index is 13.3. The molecule has 1 aromatic carbocycles. The Labute approximate surface area is 276 Å². The van der Waals surface area contributed by atoms with Crippen LogP contribution in [-0.2, 0) is 27.9 Å². The number of piperazine rings is 1. The highest BCUT2D eigenvalue weighted by atomic mass is 32.2. The standard InChI is InChI=1S/C28H37N7O5S.C2HF3O2/c1-20-15-23(39-4)16-21(2)26(20)41(37,38)32(3)19-25-30-31-27(40-25)28(36)35-13-11-33(12-14-35)18-22-7-8-24(29-17-22)34-9-5-6-10-34;3-2(4,5)1(6)7/h7-8,15-17H,5-6,9-14,18-19H2,1-4H3;(H,6,7). The summed E-state index contributed by atoms with van der Waals surface area (Å²) in [6, 6.07) is 7.58. The molecule has 48 heavy (non-hydrogen) atoms. The number of anilines is 1. The van der Waals surface area contributed by atoms with Crippen molar-refractivity contribution < 1.29 is 45.4 Å². The Morgan fingerprint density at radius 1 is 1.02 bits per heavy atom. The van der Waals surface area contributed by atoms with Crippen molar-refractivity contribution in [2.75, 3.05) is 58.3 Å². The second-order valence-electron chi connectivity index (χ2n) is 11.4. The minimum absolute atomic E-state index is 0.0479. The van der Waals surface area contributed by atoms with Gasteiger partial charge in [0.2, 0.25) is 15.9 Å². The van der Waals surface area contributed by atoms with Gasteiger partial charge < -0.3 is 24.1 Å². The van der Waals surface area contributed by atoms with E-state index in [1.165, 1.54) is 27.0 Å². The third kappa shape index (κ3) is 8.99. The van der Waals surface area contributed by atoms with Gasteiger partial charge in [-0.25, -0.2) is 18.2 Å². The van der Waals surface area contributed by atoms with Gasteiger partial charge in [0.05, 0.1) is 18.6 Å². The van der Waals surface area contributed by atoms with Crippen LogP contribution in [0.3, 0.4) is 0 Å². The zero-order chi connectivity index (χ0) is 35.2. The van der Waals surface area contributed by atoms with Crippen LogP contribution in [0.25, 0.3) is 0 Å². The number of sulfonamides is 1. The second kappa shape index (κ2) is 15.3. The first-order chi connectivity index (χ1) is 22.6. The van der Waals surface area contributed by atoms with Crippen LogP contribution < -0.4 is 9.64 Å². The fourth-order valence-electron chi connectivity index (χ4n) is 5.42. The molecule has 5 rings (SSSR count). The van der Waals surface area contributed by atoms with E-state index < -0.39 is 22.2 Å². The highest BCUT2D eigenvalue weighted by Gasteiger charge is 2.38. The molecule has 0 radical (unpaired) electrons. The number of nitrogens with zero attached hydrogens (tertiary/aromatic N) is 7. The Kier molecular flexibility index (Phi) is 11.6. The number of halogens is 3. The molecule has 0 atom stereocenters. The molecule has 2 aromatic heterocycles. The summed E-state index contributed by atoms with van der Waals surface area (Å²) in [5, 5.41) is 15.0. The van der Waals surface area contributed by atoms with Crippen molar-refractivity contribution in [2.45, 2.75) is 50.9 Å². The zero-order valence-electron chi connectivity index (χ0n) is 27.0. The molecule has 0 unspecified atom stereocenters. The smallest absolute Gasteiger partial charge is 0.490 e. The minimum atomic E-state index is -5.08. The summed E-state index contributed by atoms with van der Waals surface area (Å²) in [6.07, 6.45) is -0.694. The zero-order valence-corrected chi connectivity index (χ0v) is 27.8. The van der Waals surface area contributed by atoms with Crippen LogP contribution in [0.1, 0.15) is 46.1 Å². The lowest BCUT2D eigenvalue weighted by molar-refractivity contribution is -0.192. The molecule has 2 saturated heterocycles. The summed E-state index contributed by atoms with van der Waals surface area (Å²) in [6.45, 7) is 8.68. The van der Waals surface area contributed by atoms with Crippen molar-refractivity contribution in [1.82, 2.24) is 29.3 Å². The second-order valence-corrected chi connectivity index (χ2v) is 13.4. The number of aromatic nitrogens is 3. The highest BCUT2D eigenvalue weighted by Crippen LogP contribution is 2.28. The molecule has 0 aliphatic carbocycles. The molecule has 262 valence electrons. The van der Waals surface area contributed by atoms with Crippen LogP contribution >= 0.6 is 0 Å². The molecule has 3 aromatic rings. The first kappa shape index (κ1) is 36.5. The molecule has 1 N–H and O–H groups in total. The summed E-state index contributed by atoms with van der Waals surface area (Å²) >= 11 is 0. The third-order valence-electron chi connectivity index (χ3n) is 7.89. The van der Waals surface area contributed by atoms with Crippen LogP contribution in [0.2, 0.25) is 0 Å². The number of aliphatic carboxylic acids is 1. The van der Waals surface area contributed by atoms with Crippen molar-refractivity contribution in [2.24, 2.45) is 0 Å². The van der Waals surface area contributed by atoms with E-state index in [9.17, 15) is 26.4 Å². The lowest BCUT2D eigenvalue weighted by Crippen LogP contribution is -2.48. The quantitative estimate of drug-likeness (QED) is 0.348. The number of carboxylic acids is 1. The number of aryl methyl sites for hydroxylation is 2. The van der Waals surface area contributed by atoms with E-state index in [0.717, 1.165) is 35.3 Å². The molecule has 0 spiro atoms. The Balaban J connectivity index is 0.000000671. The molecule has 14 nitrogen and oxygen atoms in total. The Morgan fingerprint density at radius 2 is 1.62 bits per heavy atom. The average molecular weight is 698 g/mol. The fraction of sp³-hybridized carbons (Fsp3) is 0.500. The Morgan fingerprint density at radius 3 is 2.15 bits per heavy atom. The summed E-state index contributed by atoms with van der Waals surface area (Å²) < 4.78 is 70.4. The lowest BCUT2D eigenvalue weighted by atomic mass is 10.1. The number of amides is 1. The van der Waals surface area contributed by atoms with Gasteiger partial charge in [0.15, 0.2) is 0 Å². The van der Waals surface area contributed by atoms with Crippen molar-refractivity contribution in [3.63, 3.8) is 0 Å². The van der Waals surface area contributed by atoms with Gasteiger partial charge >= 0.3 is 23.9 Å². The van der Waals surface area contributed by atoms with E-state index in [0.29, 0.717) is 43.1 Å². The van der Waals surface area contributed by atoms with Crippen LogP contribution in [-0.4, -0.2) is 114 Å². The average Bonchev–Trinajstić information content (AvgIpc) is 3.74. The molecule has 0 saturated carbocycles. The molecule has 2 aliphatic heterocycles. The number of alkyl halides is 3. The summed E-state index contributed by atoms with van der Waals surface area (Å²) in [5.74, 6) is -1.58. The van der Waals surface area contributed by atoms with Gasteiger partial charge in [0.1, 0.15) is 11.6 Å². The number of hydrogen-bond donors (Lipinski definition) is 1. The van der Waals surface area contributed by atoms with Gasteiger partial charge in [-0.2, -0.15) is 17.5 Å². The fourth-order valence-corrected chi connectivity index (χ4v) is 6.94. The highest BCUT2D eigenvalue weighted by molar-refractivity contribution is 7.89.